The maximum Gasteiger partial charge on any atom is 0.161 e. The molecule has 5 heteroatoms. The quantitative estimate of drug-likeness (QED) is 0.909. The van der Waals surface area contributed by atoms with Gasteiger partial charge in [-0.1, -0.05) is 18.2 Å². The molecule has 2 N–H and O–H groups in total. The van der Waals surface area contributed by atoms with Gasteiger partial charge < -0.3 is 15.2 Å². The second-order valence-corrected chi connectivity index (χ2v) is 4.70. The third kappa shape index (κ3) is 1.86. The summed E-state index contributed by atoms with van der Waals surface area (Å²) in [4.78, 5) is 0. The number of aromatic nitrogens is 2. The molecule has 0 aliphatic carbocycles. The molecule has 0 spiro atoms. The molecule has 2 aromatic rings. The van der Waals surface area contributed by atoms with Crippen molar-refractivity contribution in [2.24, 2.45) is 12.8 Å². The second-order valence-electron chi connectivity index (χ2n) is 4.70. The SMILES string of the molecule is COc1cnn(C)c1C(N)C1COc2ccccc21. The van der Waals surface area contributed by atoms with Crippen LogP contribution in [-0.2, 0) is 7.05 Å². The van der Waals surface area contributed by atoms with Crippen LogP contribution < -0.4 is 15.2 Å². The van der Waals surface area contributed by atoms with Gasteiger partial charge in [0.05, 0.1) is 31.6 Å². The van der Waals surface area contributed by atoms with Crippen molar-refractivity contribution >= 4 is 0 Å². The molecular formula is C14H17N3O2. The summed E-state index contributed by atoms with van der Waals surface area (Å²) < 4.78 is 12.8. The van der Waals surface area contributed by atoms with E-state index < -0.39 is 0 Å². The largest absolute Gasteiger partial charge is 0.493 e. The van der Waals surface area contributed by atoms with Crippen molar-refractivity contribution < 1.29 is 9.47 Å². The first-order chi connectivity index (χ1) is 9.22. The maximum absolute atomic E-state index is 6.42. The van der Waals surface area contributed by atoms with Crippen LogP contribution in [0.2, 0.25) is 0 Å². The first kappa shape index (κ1) is 12.0. The van der Waals surface area contributed by atoms with Crippen molar-refractivity contribution in [3.63, 3.8) is 0 Å². The molecule has 2 heterocycles. The highest BCUT2D eigenvalue weighted by molar-refractivity contribution is 5.42. The van der Waals surface area contributed by atoms with Crippen LogP contribution in [0.15, 0.2) is 30.5 Å². The van der Waals surface area contributed by atoms with Gasteiger partial charge >= 0.3 is 0 Å². The molecule has 1 aromatic carbocycles. The van der Waals surface area contributed by atoms with Crippen LogP contribution >= 0.6 is 0 Å². The molecule has 0 amide bonds. The van der Waals surface area contributed by atoms with Crippen LogP contribution in [0.4, 0.5) is 0 Å². The summed E-state index contributed by atoms with van der Waals surface area (Å²) in [7, 11) is 3.51. The third-order valence-electron chi connectivity index (χ3n) is 3.66. The van der Waals surface area contributed by atoms with E-state index in [0.717, 1.165) is 22.8 Å². The Morgan fingerprint density at radius 3 is 3.05 bits per heavy atom. The number of nitrogens with zero attached hydrogens (tertiary/aromatic N) is 2. The Bertz CT molecular complexity index is 594. The van der Waals surface area contributed by atoms with Gasteiger partial charge in [-0.05, 0) is 6.07 Å². The summed E-state index contributed by atoms with van der Waals surface area (Å²) in [6.45, 7) is 0.592. The Labute approximate surface area is 111 Å². The smallest absolute Gasteiger partial charge is 0.161 e. The van der Waals surface area contributed by atoms with Crippen LogP contribution in [0.1, 0.15) is 23.2 Å². The predicted molar refractivity (Wildman–Crippen MR) is 71.4 cm³/mol. The average molecular weight is 259 g/mol. The number of hydrogen-bond donors (Lipinski definition) is 1. The monoisotopic (exact) mass is 259 g/mol. The molecular weight excluding hydrogens is 242 g/mol. The van der Waals surface area contributed by atoms with Crippen LogP contribution in [0.25, 0.3) is 0 Å². The van der Waals surface area contributed by atoms with Crippen LogP contribution in [0.3, 0.4) is 0 Å². The van der Waals surface area contributed by atoms with Gasteiger partial charge in [-0.15, -0.1) is 0 Å². The molecule has 0 fully saturated rings. The Kier molecular flexibility index (Phi) is 2.91. The number of rotatable bonds is 3. The van der Waals surface area contributed by atoms with Crippen LogP contribution in [-0.4, -0.2) is 23.5 Å². The predicted octanol–water partition coefficient (Wildman–Crippen LogP) is 1.60. The third-order valence-corrected chi connectivity index (χ3v) is 3.66. The molecule has 19 heavy (non-hydrogen) atoms. The highest BCUT2D eigenvalue weighted by atomic mass is 16.5. The van der Waals surface area contributed by atoms with Gasteiger partial charge in [-0.25, -0.2) is 0 Å². The summed E-state index contributed by atoms with van der Waals surface area (Å²) in [5.74, 6) is 1.77. The van der Waals surface area contributed by atoms with Crippen LogP contribution in [0.5, 0.6) is 11.5 Å². The fourth-order valence-corrected chi connectivity index (χ4v) is 2.64. The summed E-state index contributed by atoms with van der Waals surface area (Å²) in [5.41, 5.74) is 8.46. The Morgan fingerprint density at radius 1 is 1.47 bits per heavy atom. The number of para-hydroxylation sites is 1. The number of aryl methyl sites for hydroxylation is 1. The topological polar surface area (TPSA) is 62.3 Å². The summed E-state index contributed by atoms with van der Waals surface area (Å²) in [6, 6.07) is 7.81. The first-order valence-corrected chi connectivity index (χ1v) is 6.25. The Hall–Kier alpha value is -2.01. The highest BCUT2D eigenvalue weighted by Gasteiger charge is 2.33. The first-order valence-electron chi connectivity index (χ1n) is 6.25. The van der Waals surface area contributed by atoms with Gasteiger partial charge in [-0.2, -0.15) is 5.10 Å². The number of methoxy groups -OCH3 is 1. The van der Waals surface area contributed by atoms with Gasteiger partial charge in [0.25, 0.3) is 0 Å². The van der Waals surface area contributed by atoms with E-state index in [1.54, 1.807) is 18.0 Å². The molecule has 100 valence electrons. The van der Waals surface area contributed by atoms with Crippen molar-refractivity contribution in [1.29, 1.82) is 0 Å². The number of hydrogen-bond acceptors (Lipinski definition) is 4. The van der Waals surface area contributed by atoms with Gasteiger partial charge in [-0.3, -0.25) is 4.68 Å². The summed E-state index contributed by atoms with van der Waals surface area (Å²) in [6.07, 6.45) is 1.69. The Balaban J connectivity index is 1.97. The van der Waals surface area contributed by atoms with Crippen LogP contribution in [0, 0.1) is 0 Å². The van der Waals surface area contributed by atoms with E-state index in [0.29, 0.717) is 6.61 Å². The van der Waals surface area contributed by atoms with Crippen molar-refractivity contribution in [2.45, 2.75) is 12.0 Å². The summed E-state index contributed by atoms with van der Waals surface area (Å²) in [5, 5.41) is 4.21. The van der Waals surface area contributed by atoms with E-state index >= 15 is 0 Å². The van der Waals surface area contributed by atoms with E-state index in [9.17, 15) is 0 Å². The van der Waals surface area contributed by atoms with Crippen molar-refractivity contribution in [1.82, 2.24) is 9.78 Å². The zero-order chi connectivity index (χ0) is 13.4. The molecule has 1 aliphatic heterocycles. The van der Waals surface area contributed by atoms with E-state index in [-0.39, 0.29) is 12.0 Å². The fraction of sp³-hybridized carbons (Fsp3) is 0.357. The Morgan fingerprint density at radius 2 is 2.26 bits per heavy atom. The maximum atomic E-state index is 6.42. The standard InChI is InChI=1S/C14H17N3O2/c1-17-14(12(18-2)7-16-17)13(15)10-8-19-11-6-4-3-5-9(10)11/h3-7,10,13H,8,15H2,1-2H3. The van der Waals surface area contributed by atoms with Gasteiger partial charge in [0, 0.05) is 18.5 Å². The van der Waals surface area contributed by atoms with Crippen molar-refractivity contribution in [3.05, 3.63) is 41.7 Å². The minimum atomic E-state index is -0.203. The molecule has 0 radical (unpaired) electrons. The number of benzene rings is 1. The lowest BCUT2D eigenvalue weighted by Gasteiger charge is -2.19. The molecule has 1 aromatic heterocycles. The molecule has 1 aliphatic rings. The average Bonchev–Trinajstić information content (AvgIpc) is 3.01. The fourth-order valence-electron chi connectivity index (χ4n) is 2.64. The second kappa shape index (κ2) is 4.59. The lowest BCUT2D eigenvalue weighted by molar-refractivity contribution is 0.308. The van der Waals surface area contributed by atoms with Crippen molar-refractivity contribution in [3.8, 4) is 11.5 Å². The lowest BCUT2D eigenvalue weighted by Crippen LogP contribution is -2.24. The molecule has 0 saturated carbocycles. The zero-order valence-corrected chi connectivity index (χ0v) is 11.0. The van der Waals surface area contributed by atoms with Gasteiger partial charge in [0.2, 0.25) is 0 Å². The van der Waals surface area contributed by atoms with Gasteiger partial charge in [0.15, 0.2) is 5.75 Å². The lowest BCUT2D eigenvalue weighted by atomic mass is 9.91. The number of fused-ring (bicyclic) bond motifs is 1. The van der Waals surface area contributed by atoms with E-state index in [4.69, 9.17) is 15.2 Å². The summed E-state index contributed by atoms with van der Waals surface area (Å²) >= 11 is 0. The van der Waals surface area contributed by atoms with E-state index in [1.807, 2.05) is 25.2 Å². The minimum Gasteiger partial charge on any atom is -0.493 e. The number of nitrogens with two attached hydrogens (primary N) is 1. The van der Waals surface area contributed by atoms with Gasteiger partial charge in [0.1, 0.15) is 5.75 Å². The van der Waals surface area contributed by atoms with E-state index in [1.165, 1.54) is 0 Å². The molecule has 2 atom stereocenters. The molecule has 0 saturated heterocycles. The zero-order valence-electron chi connectivity index (χ0n) is 11.0. The number of ether oxygens (including phenoxy) is 2. The molecule has 0 bridgehead atoms. The van der Waals surface area contributed by atoms with Crippen molar-refractivity contribution in [2.75, 3.05) is 13.7 Å². The normalized spacial score (nSPS) is 18.8. The van der Waals surface area contributed by atoms with E-state index in [2.05, 4.69) is 11.2 Å². The minimum absolute atomic E-state index is 0.125. The molecule has 5 nitrogen and oxygen atoms in total. The molecule has 2 unspecified atom stereocenters. The highest BCUT2D eigenvalue weighted by Crippen LogP contribution is 2.41. The molecule has 3 rings (SSSR count).